The summed E-state index contributed by atoms with van der Waals surface area (Å²) in [6.07, 6.45) is 1.68. The number of benzene rings is 3. The zero-order valence-corrected chi connectivity index (χ0v) is 24.2. The number of hydrogen-bond acceptors (Lipinski definition) is 5. The van der Waals surface area contributed by atoms with Crippen molar-refractivity contribution in [3.8, 4) is 11.4 Å². The SMILES string of the molecule is Cc1ccc(NC(=O)COc2ccc(-n3c(C)cc(C=Nn4c(C)nc5ccc(Br)cc5c4=O)c3C)cc2)cc1. The molecule has 202 valence electrons. The number of ether oxygens (including phenoxy) is 1. The molecule has 1 N–H and O–H groups in total. The largest absolute Gasteiger partial charge is 0.484 e. The summed E-state index contributed by atoms with van der Waals surface area (Å²) < 4.78 is 9.91. The third-order valence-corrected chi connectivity index (χ3v) is 7.05. The van der Waals surface area contributed by atoms with Gasteiger partial charge in [0.05, 0.1) is 17.1 Å². The van der Waals surface area contributed by atoms with E-state index in [1.807, 2.05) is 87.5 Å². The minimum atomic E-state index is -0.225. The van der Waals surface area contributed by atoms with E-state index in [0.29, 0.717) is 22.5 Å². The van der Waals surface area contributed by atoms with Crippen molar-refractivity contribution in [3.05, 3.63) is 116 Å². The summed E-state index contributed by atoms with van der Waals surface area (Å²) in [6, 6.07) is 22.6. The van der Waals surface area contributed by atoms with Crippen molar-refractivity contribution in [1.82, 2.24) is 14.2 Å². The highest BCUT2D eigenvalue weighted by Crippen LogP contribution is 2.23. The molecule has 2 heterocycles. The third-order valence-electron chi connectivity index (χ3n) is 6.55. The summed E-state index contributed by atoms with van der Waals surface area (Å²) in [5.74, 6) is 0.878. The Morgan fingerprint density at radius 1 is 1.00 bits per heavy atom. The molecule has 0 fully saturated rings. The van der Waals surface area contributed by atoms with Gasteiger partial charge in [-0.15, -0.1) is 0 Å². The molecule has 5 aromatic rings. The molecule has 8 nitrogen and oxygen atoms in total. The second-order valence-electron chi connectivity index (χ2n) is 9.54. The maximum absolute atomic E-state index is 13.1. The van der Waals surface area contributed by atoms with Gasteiger partial charge in [0.25, 0.3) is 11.5 Å². The van der Waals surface area contributed by atoms with Gasteiger partial charge in [-0.2, -0.15) is 9.78 Å². The molecular weight excluding hydrogens is 570 g/mol. The van der Waals surface area contributed by atoms with Crippen molar-refractivity contribution >= 4 is 44.6 Å². The highest BCUT2D eigenvalue weighted by Gasteiger charge is 2.12. The average Bonchev–Trinajstić information content (AvgIpc) is 3.22. The van der Waals surface area contributed by atoms with E-state index in [1.165, 1.54) is 4.68 Å². The van der Waals surface area contributed by atoms with Crippen molar-refractivity contribution in [1.29, 1.82) is 0 Å². The minimum Gasteiger partial charge on any atom is -0.484 e. The van der Waals surface area contributed by atoms with Gasteiger partial charge in [-0.05, 0) is 88.4 Å². The Labute approximate surface area is 240 Å². The summed E-state index contributed by atoms with van der Waals surface area (Å²) >= 11 is 3.42. The normalized spacial score (nSPS) is 11.3. The molecule has 0 unspecified atom stereocenters. The molecule has 0 radical (unpaired) electrons. The Balaban J connectivity index is 1.31. The van der Waals surface area contributed by atoms with E-state index in [1.54, 1.807) is 19.2 Å². The van der Waals surface area contributed by atoms with Gasteiger partial charge in [0.15, 0.2) is 6.61 Å². The van der Waals surface area contributed by atoms with Crippen LogP contribution in [0, 0.1) is 27.7 Å². The number of amides is 1. The molecule has 0 aliphatic heterocycles. The lowest BCUT2D eigenvalue weighted by Gasteiger charge is -2.12. The lowest BCUT2D eigenvalue weighted by atomic mass is 10.2. The first kappa shape index (κ1) is 27.1. The number of aromatic nitrogens is 3. The third kappa shape index (κ3) is 5.74. The average molecular weight is 599 g/mol. The first-order valence-corrected chi connectivity index (χ1v) is 13.5. The summed E-state index contributed by atoms with van der Waals surface area (Å²) in [7, 11) is 0. The molecule has 0 aliphatic rings. The van der Waals surface area contributed by atoms with E-state index in [-0.39, 0.29) is 18.1 Å². The summed E-state index contributed by atoms with van der Waals surface area (Å²) in [5, 5.41) is 7.81. The van der Waals surface area contributed by atoms with E-state index < -0.39 is 0 Å². The number of nitrogens with zero attached hydrogens (tertiary/aromatic N) is 4. The molecule has 0 spiro atoms. The molecule has 0 bridgehead atoms. The highest BCUT2D eigenvalue weighted by molar-refractivity contribution is 9.10. The van der Waals surface area contributed by atoms with Crippen molar-refractivity contribution < 1.29 is 9.53 Å². The fourth-order valence-corrected chi connectivity index (χ4v) is 4.87. The Morgan fingerprint density at radius 2 is 1.73 bits per heavy atom. The van der Waals surface area contributed by atoms with Gasteiger partial charge < -0.3 is 14.6 Å². The van der Waals surface area contributed by atoms with Crippen molar-refractivity contribution in [3.63, 3.8) is 0 Å². The molecule has 3 aromatic carbocycles. The van der Waals surface area contributed by atoms with E-state index in [4.69, 9.17) is 4.74 Å². The zero-order valence-electron chi connectivity index (χ0n) is 22.6. The molecule has 0 aliphatic carbocycles. The minimum absolute atomic E-state index is 0.0885. The molecule has 9 heteroatoms. The maximum atomic E-state index is 13.1. The molecule has 2 aromatic heterocycles. The Bertz CT molecular complexity index is 1800. The standard InChI is InChI=1S/C31H28BrN5O3/c1-19-5-8-25(9-6-19)35-30(38)18-40-27-12-10-26(11-13-27)36-20(2)15-23(21(36)3)17-33-37-22(4)34-29-14-7-24(32)16-28(29)31(37)39/h5-17H,18H2,1-4H3,(H,35,38). The smallest absolute Gasteiger partial charge is 0.282 e. The number of rotatable bonds is 7. The first-order chi connectivity index (χ1) is 19.2. The van der Waals surface area contributed by atoms with E-state index >= 15 is 0 Å². The number of carbonyl (C=O) groups is 1. The van der Waals surface area contributed by atoms with Crippen LogP contribution < -0.4 is 15.6 Å². The van der Waals surface area contributed by atoms with Gasteiger partial charge in [-0.3, -0.25) is 9.59 Å². The molecule has 5 rings (SSSR count). The lowest BCUT2D eigenvalue weighted by Crippen LogP contribution is -2.20. The van der Waals surface area contributed by atoms with E-state index in [9.17, 15) is 9.59 Å². The van der Waals surface area contributed by atoms with Crippen LogP contribution in [-0.2, 0) is 4.79 Å². The molecule has 1 amide bonds. The predicted molar refractivity (Wildman–Crippen MR) is 162 cm³/mol. The summed E-state index contributed by atoms with van der Waals surface area (Å²) in [5.41, 5.74) is 6.07. The van der Waals surface area contributed by atoms with E-state index in [0.717, 1.165) is 38.4 Å². The quantitative estimate of drug-likeness (QED) is 0.230. The topological polar surface area (TPSA) is 90.5 Å². The maximum Gasteiger partial charge on any atom is 0.282 e. The Kier molecular flexibility index (Phi) is 7.66. The van der Waals surface area contributed by atoms with Crippen LogP contribution in [0.5, 0.6) is 5.75 Å². The number of halogens is 1. The highest BCUT2D eigenvalue weighted by atomic mass is 79.9. The summed E-state index contributed by atoms with van der Waals surface area (Å²) in [4.78, 5) is 29.9. The predicted octanol–water partition coefficient (Wildman–Crippen LogP) is 6.08. The van der Waals surface area contributed by atoms with Gasteiger partial charge in [0.2, 0.25) is 0 Å². The summed E-state index contributed by atoms with van der Waals surface area (Å²) in [6.45, 7) is 7.68. The van der Waals surface area contributed by atoms with Crippen LogP contribution in [-0.4, -0.2) is 33.0 Å². The number of anilines is 1. The molecule has 0 saturated heterocycles. The van der Waals surface area contributed by atoms with E-state index in [2.05, 4.69) is 35.9 Å². The number of aryl methyl sites for hydroxylation is 3. The first-order valence-electron chi connectivity index (χ1n) is 12.7. The van der Waals surface area contributed by atoms with Gasteiger partial charge in [-0.1, -0.05) is 33.6 Å². The van der Waals surface area contributed by atoms with Crippen LogP contribution in [0.2, 0.25) is 0 Å². The Morgan fingerprint density at radius 3 is 2.45 bits per heavy atom. The van der Waals surface area contributed by atoms with Gasteiger partial charge in [0.1, 0.15) is 11.6 Å². The molecule has 0 saturated carbocycles. The molecule has 40 heavy (non-hydrogen) atoms. The number of fused-ring (bicyclic) bond motifs is 1. The second kappa shape index (κ2) is 11.3. The molecule has 0 atom stereocenters. The zero-order chi connectivity index (χ0) is 28.4. The van der Waals surface area contributed by atoms with Crippen LogP contribution in [0.4, 0.5) is 5.69 Å². The van der Waals surface area contributed by atoms with Gasteiger partial charge in [0, 0.05) is 32.8 Å². The van der Waals surface area contributed by atoms with Crippen molar-refractivity contribution in [2.24, 2.45) is 5.10 Å². The number of hydrogen-bond donors (Lipinski definition) is 1. The monoisotopic (exact) mass is 597 g/mol. The van der Waals surface area contributed by atoms with Crippen LogP contribution in [0.15, 0.2) is 87.2 Å². The van der Waals surface area contributed by atoms with Crippen LogP contribution in [0.25, 0.3) is 16.6 Å². The van der Waals surface area contributed by atoms with Crippen molar-refractivity contribution in [2.45, 2.75) is 27.7 Å². The van der Waals surface area contributed by atoms with Gasteiger partial charge in [-0.25, -0.2) is 4.98 Å². The lowest BCUT2D eigenvalue weighted by molar-refractivity contribution is -0.118. The van der Waals surface area contributed by atoms with Crippen LogP contribution in [0.1, 0.15) is 28.3 Å². The van der Waals surface area contributed by atoms with Crippen LogP contribution >= 0.6 is 15.9 Å². The van der Waals surface area contributed by atoms with Crippen LogP contribution in [0.3, 0.4) is 0 Å². The van der Waals surface area contributed by atoms with Crippen molar-refractivity contribution in [2.75, 3.05) is 11.9 Å². The van der Waals surface area contributed by atoms with Gasteiger partial charge >= 0.3 is 0 Å². The fourth-order valence-electron chi connectivity index (χ4n) is 4.51. The number of nitrogens with one attached hydrogen (secondary N) is 1. The Hall–Kier alpha value is -4.50. The second-order valence-corrected chi connectivity index (χ2v) is 10.5. The fraction of sp³-hybridized carbons (Fsp3) is 0.161. The number of carbonyl (C=O) groups excluding carboxylic acids is 1. The molecular formula is C31H28BrN5O3.